The van der Waals surface area contributed by atoms with E-state index >= 15 is 0 Å². The molecule has 0 unspecified atom stereocenters. The molecule has 1 atom stereocenters. The lowest BCUT2D eigenvalue weighted by Gasteiger charge is -2.30. The minimum absolute atomic E-state index is 0.126. The van der Waals surface area contributed by atoms with Crippen LogP contribution in [0, 0.1) is 12.8 Å². The van der Waals surface area contributed by atoms with Crippen LogP contribution in [0.15, 0.2) is 24.5 Å². The summed E-state index contributed by atoms with van der Waals surface area (Å²) in [5.74, 6) is 1.72. The first kappa shape index (κ1) is 16.0. The number of imidazole rings is 1. The van der Waals surface area contributed by atoms with E-state index in [4.69, 9.17) is 4.74 Å². The molecule has 2 N–H and O–H groups in total. The number of pyridine rings is 1. The van der Waals surface area contributed by atoms with Gasteiger partial charge in [-0.15, -0.1) is 0 Å². The highest BCUT2D eigenvalue weighted by molar-refractivity contribution is 5.27. The van der Waals surface area contributed by atoms with E-state index in [0.29, 0.717) is 18.2 Å². The highest BCUT2D eigenvalue weighted by Crippen LogP contribution is 2.29. The van der Waals surface area contributed by atoms with E-state index in [0.717, 1.165) is 37.6 Å². The largest absolute Gasteiger partial charge is 0.506 e. The van der Waals surface area contributed by atoms with Crippen LogP contribution in [0.25, 0.3) is 0 Å². The maximum Gasteiger partial charge on any atom is 0.138 e. The van der Waals surface area contributed by atoms with Gasteiger partial charge < -0.3 is 19.7 Å². The zero-order valence-electron chi connectivity index (χ0n) is 13.7. The molecule has 1 aliphatic heterocycles. The van der Waals surface area contributed by atoms with Crippen molar-refractivity contribution in [2.24, 2.45) is 13.0 Å². The maximum atomic E-state index is 10.0. The third-order valence-corrected chi connectivity index (χ3v) is 4.45. The molecule has 2 aromatic rings. The lowest BCUT2D eigenvalue weighted by molar-refractivity contribution is 0.0517. The van der Waals surface area contributed by atoms with Crippen LogP contribution in [0.5, 0.6) is 5.75 Å². The third-order valence-electron chi connectivity index (χ3n) is 4.45. The molecule has 1 saturated heterocycles. The van der Waals surface area contributed by atoms with Crippen LogP contribution in [0.2, 0.25) is 0 Å². The highest BCUT2D eigenvalue weighted by Gasteiger charge is 2.28. The second-order valence-corrected chi connectivity index (χ2v) is 6.12. The average molecular weight is 316 g/mol. The summed E-state index contributed by atoms with van der Waals surface area (Å²) in [7, 11) is 2.01. The molecule has 0 amide bonds. The fourth-order valence-corrected chi connectivity index (χ4v) is 3.13. The number of rotatable bonds is 5. The Hall–Kier alpha value is -1.92. The van der Waals surface area contributed by atoms with Crippen LogP contribution < -0.4 is 5.32 Å². The normalized spacial score (nSPS) is 17.3. The van der Waals surface area contributed by atoms with E-state index < -0.39 is 0 Å². The van der Waals surface area contributed by atoms with Crippen molar-refractivity contribution in [3.63, 3.8) is 0 Å². The first-order valence-corrected chi connectivity index (χ1v) is 8.09. The van der Waals surface area contributed by atoms with E-state index in [-0.39, 0.29) is 11.8 Å². The minimum atomic E-state index is 0.126. The van der Waals surface area contributed by atoms with Crippen molar-refractivity contribution in [2.45, 2.75) is 32.4 Å². The fraction of sp³-hybridized carbons (Fsp3) is 0.529. The summed E-state index contributed by atoms with van der Waals surface area (Å²) in [5, 5.41) is 13.6. The third kappa shape index (κ3) is 3.71. The Kier molecular flexibility index (Phi) is 4.93. The van der Waals surface area contributed by atoms with Crippen molar-refractivity contribution >= 4 is 0 Å². The summed E-state index contributed by atoms with van der Waals surface area (Å²) >= 11 is 0. The number of nitrogens with zero attached hydrogens (tertiary/aromatic N) is 3. The molecule has 3 heterocycles. The average Bonchev–Trinajstić information content (AvgIpc) is 2.98. The van der Waals surface area contributed by atoms with Gasteiger partial charge in [0.25, 0.3) is 0 Å². The standard InChI is InChI=1S/C17H24N4O2/c1-12-3-4-15(22)14(20-12)11-19-16(13-5-9-23-10-6-13)17-18-7-8-21(17)2/h3-4,7-8,13,16,19,22H,5-6,9-11H2,1-2H3/t16-/m1/s1. The molecule has 124 valence electrons. The number of aromatic nitrogens is 3. The molecular weight excluding hydrogens is 292 g/mol. The zero-order valence-corrected chi connectivity index (χ0v) is 13.7. The zero-order chi connectivity index (χ0) is 16.2. The summed E-state index contributed by atoms with van der Waals surface area (Å²) in [6.07, 6.45) is 5.81. The van der Waals surface area contributed by atoms with Crippen LogP contribution in [-0.4, -0.2) is 32.9 Å². The van der Waals surface area contributed by atoms with Crippen LogP contribution in [0.4, 0.5) is 0 Å². The van der Waals surface area contributed by atoms with Crippen molar-refractivity contribution in [3.8, 4) is 5.75 Å². The summed E-state index contributed by atoms with van der Waals surface area (Å²) in [6.45, 7) is 4.03. The Morgan fingerprint density at radius 2 is 2.17 bits per heavy atom. The first-order valence-electron chi connectivity index (χ1n) is 8.09. The van der Waals surface area contributed by atoms with Gasteiger partial charge in [0.1, 0.15) is 11.6 Å². The van der Waals surface area contributed by atoms with Gasteiger partial charge in [0.2, 0.25) is 0 Å². The lowest BCUT2D eigenvalue weighted by atomic mass is 9.91. The number of nitrogens with one attached hydrogen (secondary N) is 1. The van der Waals surface area contributed by atoms with Gasteiger partial charge in [0, 0.05) is 44.9 Å². The molecule has 3 rings (SSSR count). The van der Waals surface area contributed by atoms with E-state index in [9.17, 15) is 5.11 Å². The Bertz CT molecular complexity index is 650. The van der Waals surface area contributed by atoms with Crippen molar-refractivity contribution in [3.05, 3.63) is 41.7 Å². The Morgan fingerprint density at radius 3 is 2.87 bits per heavy atom. The number of aromatic hydroxyl groups is 1. The van der Waals surface area contributed by atoms with Crippen molar-refractivity contribution in [1.82, 2.24) is 19.9 Å². The van der Waals surface area contributed by atoms with E-state index in [2.05, 4.69) is 19.9 Å². The molecule has 1 aliphatic rings. The van der Waals surface area contributed by atoms with Gasteiger partial charge >= 0.3 is 0 Å². The minimum Gasteiger partial charge on any atom is -0.506 e. The van der Waals surface area contributed by atoms with Gasteiger partial charge in [0.15, 0.2) is 0 Å². The summed E-state index contributed by atoms with van der Waals surface area (Å²) in [5.41, 5.74) is 1.58. The SMILES string of the molecule is Cc1ccc(O)c(CN[C@@H](c2nccn2C)C2CCOCC2)n1. The number of hydrogen-bond donors (Lipinski definition) is 2. The number of hydrogen-bond acceptors (Lipinski definition) is 5. The quantitative estimate of drug-likeness (QED) is 0.884. The molecule has 2 aromatic heterocycles. The van der Waals surface area contributed by atoms with Gasteiger partial charge in [-0.05, 0) is 37.8 Å². The first-order chi connectivity index (χ1) is 11.1. The fourth-order valence-electron chi connectivity index (χ4n) is 3.13. The monoisotopic (exact) mass is 316 g/mol. The van der Waals surface area contributed by atoms with Crippen LogP contribution in [0.1, 0.15) is 36.1 Å². The molecular formula is C17H24N4O2. The Balaban J connectivity index is 1.78. The second-order valence-electron chi connectivity index (χ2n) is 6.12. The molecule has 0 bridgehead atoms. The van der Waals surface area contributed by atoms with E-state index in [1.54, 1.807) is 6.07 Å². The second kappa shape index (κ2) is 7.10. The van der Waals surface area contributed by atoms with Gasteiger partial charge in [-0.3, -0.25) is 4.98 Å². The predicted octanol–water partition coefficient (Wildman–Crippen LogP) is 2.09. The smallest absolute Gasteiger partial charge is 0.138 e. The number of aryl methyl sites for hydroxylation is 2. The predicted molar refractivity (Wildman–Crippen MR) is 87.0 cm³/mol. The molecule has 23 heavy (non-hydrogen) atoms. The molecule has 0 spiro atoms. The summed E-state index contributed by atoms with van der Waals surface area (Å²) < 4.78 is 7.54. The van der Waals surface area contributed by atoms with Crippen LogP contribution in [-0.2, 0) is 18.3 Å². The molecule has 0 radical (unpaired) electrons. The van der Waals surface area contributed by atoms with Crippen LogP contribution in [0.3, 0.4) is 0 Å². The molecule has 1 fully saturated rings. The van der Waals surface area contributed by atoms with Gasteiger partial charge in [-0.25, -0.2) is 4.98 Å². The van der Waals surface area contributed by atoms with Crippen molar-refractivity contribution in [1.29, 1.82) is 0 Å². The van der Waals surface area contributed by atoms with E-state index in [1.165, 1.54) is 0 Å². The maximum absolute atomic E-state index is 10.0. The van der Waals surface area contributed by atoms with Crippen molar-refractivity contribution in [2.75, 3.05) is 13.2 Å². The Labute approximate surface area is 136 Å². The van der Waals surface area contributed by atoms with E-state index in [1.807, 2.05) is 32.4 Å². The molecule has 0 aliphatic carbocycles. The van der Waals surface area contributed by atoms with Gasteiger partial charge in [-0.1, -0.05) is 0 Å². The molecule has 0 aromatic carbocycles. The molecule has 6 heteroatoms. The van der Waals surface area contributed by atoms with Gasteiger partial charge in [0.05, 0.1) is 11.7 Å². The van der Waals surface area contributed by atoms with Crippen LogP contribution >= 0.6 is 0 Å². The lowest BCUT2D eigenvalue weighted by Crippen LogP contribution is -2.33. The topological polar surface area (TPSA) is 72.2 Å². The highest BCUT2D eigenvalue weighted by atomic mass is 16.5. The summed E-state index contributed by atoms with van der Waals surface area (Å²) in [4.78, 5) is 8.95. The Morgan fingerprint density at radius 1 is 1.39 bits per heavy atom. The van der Waals surface area contributed by atoms with Gasteiger partial charge in [-0.2, -0.15) is 0 Å². The van der Waals surface area contributed by atoms with Crippen molar-refractivity contribution < 1.29 is 9.84 Å². The molecule has 0 saturated carbocycles. The molecule has 6 nitrogen and oxygen atoms in total. The summed E-state index contributed by atoms with van der Waals surface area (Å²) in [6, 6.07) is 3.64. The number of ether oxygens (including phenoxy) is 1.